The summed E-state index contributed by atoms with van der Waals surface area (Å²) in [4.78, 5) is 7.26. The number of likely N-dealkylation sites (tertiary alicyclic amines) is 1. The van der Waals surface area contributed by atoms with Crippen LogP contribution in [0, 0.1) is 13.8 Å². The zero-order valence-corrected chi connectivity index (χ0v) is 16.1. The molecule has 28 heavy (non-hydrogen) atoms. The van der Waals surface area contributed by atoms with Gasteiger partial charge in [0.2, 0.25) is 5.89 Å². The molecule has 1 unspecified atom stereocenters. The number of fused-ring (bicyclic) bond motifs is 1. The standard InChI is InChI=1S/C22H22N4O2/c1-14-21(25-28-24-14)20-11-6-12-26(20)13-19-15(2)27-22(23-19)18-10-5-8-16-7-3-4-9-17(16)18/h3-5,7-10,20H,6,11-13H2,1-2H3. The number of rotatable bonds is 4. The third-order valence-electron chi connectivity index (χ3n) is 5.63. The van der Waals surface area contributed by atoms with Gasteiger partial charge in [-0.2, -0.15) is 0 Å². The number of benzene rings is 2. The maximum Gasteiger partial charge on any atom is 0.227 e. The minimum absolute atomic E-state index is 0.225. The fourth-order valence-electron chi connectivity index (χ4n) is 4.16. The molecule has 1 fully saturated rings. The lowest BCUT2D eigenvalue weighted by Gasteiger charge is -2.21. The molecule has 1 atom stereocenters. The van der Waals surface area contributed by atoms with Crippen LogP contribution < -0.4 is 0 Å². The minimum Gasteiger partial charge on any atom is -0.441 e. The number of aromatic nitrogens is 3. The van der Waals surface area contributed by atoms with Crippen LogP contribution in [0.5, 0.6) is 0 Å². The molecule has 6 nitrogen and oxygen atoms in total. The second-order valence-corrected chi connectivity index (χ2v) is 7.41. The monoisotopic (exact) mass is 374 g/mol. The largest absolute Gasteiger partial charge is 0.441 e. The van der Waals surface area contributed by atoms with Gasteiger partial charge in [-0.1, -0.05) is 46.7 Å². The van der Waals surface area contributed by atoms with E-state index in [0.717, 1.165) is 59.7 Å². The van der Waals surface area contributed by atoms with Crippen molar-refractivity contribution < 1.29 is 9.05 Å². The van der Waals surface area contributed by atoms with Crippen LogP contribution in [0.15, 0.2) is 51.5 Å². The summed E-state index contributed by atoms with van der Waals surface area (Å²) in [6.07, 6.45) is 2.19. The highest BCUT2D eigenvalue weighted by Crippen LogP contribution is 2.35. The molecule has 3 heterocycles. The molecular weight excluding hydrogens is 352 g/mol. The highest BCUT2D eigenvalue weighted by molar-refractivity contribution is 5.94. The van der Waals surface area contributed by atoms with Crippen molar-refractivity contribution in [2.24, 2.45) is 0 Å². The van der Waals surface area contributed by atoms with Gasteiger partial charge in [-0.05, 0) is 50.1 Å². The molecular formula is C22H22N4O2. The first-order valence-electron chi connectivity index (χ1n) is 9.68. The van der Waals surface area contributed by atoms with E-state index < -0.39 is 0 Å². The molecule has 2 aromatic heterocycles. The summed E-state index contributed by atoms with van der Waals surface area (Å²) in [5.41, 5.74) is 3.81. The molecule has 1 saturated heterocycles. The van der Waals surface area contributed by atoms with Gasteiger partial charge in [0.05, 0.1) is 11.7 Å². The van der Waals surface area contributed by atoms with E-state index in [1.54, 1.807) is 0 Å². The molecule has 142 valence electrons. The number of hydrogen-bond acceptors (Lipinski definition) is 6. The Balaban J connectivity index is 1.46. The van der Waals surface area contributed by atoms with E-state index in [1.165, 1.54) is 5.39 Å². The zero-order valence-electron chi connectivity index (χ0n) is 16.1. The van der Waals surface area contributed by atoms with Crippen molar-refractivity contribution in [3.63, 3.8) is 0 Å². The van der Waals surface area contributed by atoms with Crippen molar-refractivity contribution >= 4 is 10.8 Å². The van der Waals surface area contributed by atoms with Gasteiger partial charge in [-0.15, -0.1) is 0 Å². The SMILES string of the molecule is Cc1nonc1C1CCCN1Cc1nc(-c2cccc3ccccc23)oc1C. The summed E-state index contributed by atoms with van der Waals surface area (Å²) in [5, 5.41) is 10.4. The number of nitrogens with zero attached hydrogens (tertiary/aromatic N) is 4. The first-order valence-corrected chi connectivity index (χ1v) is 9.68. The highest BCUT2D eigenvalue weighted by atomic mass is 16.6. The van der Waals surface area contributed by atoms with E-state index in [0.29, 0.717) is 5.89 Å². The summed E-state index contributed by atoms with van der Waals surface area (Å²) >= 11 is 0. The Labute approximate surface area is 163 Å². The fourth-order valence-corrected chi connectivity index (χ4v) is 4.16. The number of oxazole rings is 1. The summed E-state index contributed by atoms with van der Waals surface area (Å²) in [7, 11) is 0. The van der Waals surface area contributed by atoms with E-state index in [9.17, 15) is 0 Å². The summed E-state index contributed by atoms with van der Waals surface area (Å²) in [6, 6.07) is 14.8. The molecule has 0 saturated carbocycles. The Hall–Kier alpha value is -2.99. The fraction of sp³-hybridized carbons (Fsp3) is 0.318. The topological polar surface area (TPSA) is 68.2 Å². The van der Waals surface area contributed by atoms with E-state index in [-0.39, 0.29) is 6.04 Å². The Morgan fingerprint density at radius 1 is 1.07 bits per heavy atom. The zero-order chi connectivity index (χ0) is 19.1. The molecule has 0 aliphatic carbocycles. The van der Waals surface area contributed by atoms with E-state index in [4.69, 9.17) is 14.0 Å². The van der Waals surface area contributed by atoms with Gasteiger partial charge in [-0.25, -0.2) is 9.61 Å². The number of aryl methyl sites for hydroxylation is 2. The first kappa shape index (κ1) is 17.1. The number of hydrogen-bond donors (Lipinski definition) is 0. The summed E-state index contributed by atoms with van der Waals surface area (Å²) < 4.78 is 11.0. The Kier molecular flexibility index (Phi) is 4.20. The molecule has 0 bridgehead atoms. The lowest BCUT2D eigenvalue weighted by atomic mass is 10.0. The van der Waals surface area contributed by atoms with Gasteiger partial charge in [-0.3, -0.25) is 4.90 Å². The van der Waals surface area contributed by atoms with Crippen LogP contribution in [-0.4, -0.2) is 26.7 Å². The molecule has 1 aliphatic heterocycles. The van der Waals surface area contributed by atoms with Gasteiger partial charge >= 0.3 is 0 Å². The third kappa shape index (κ3) is 2.90. The van der Waals surface area contributed by atoms with Crippen molar-refractivity contribution in [1.29, 1.82) is 0 Å². The van der Waals surface area contributed by atoms with Gasteiger partial charge in [0.25, 0.3) is 0 Å². The van der Waals surface area contributed by atoms with Crippen molar-refractivity contribution in [3.05, 3.63) is 65.3 Å². The molecule has 0 N–H and O–H groups in total. The van der Waals surface area contributed by atoms with Crippen LogP contribution in [-0.2, 0) is 6.54 Å². The molecule has 4 aromatic rings. The normalized spacial score (nSPS) is 17.6. The smallest absolute Gasteiger partial charge is 0.227 e. The van der Waals surface area contributed by atoms with E-state index >= 15 is 0 Å². The average Bonchev–Trinajstić information content (AvgIpc) is 3.42. The molecule has 1 aliphatic rings. The molecule has 5 rings (SSSR count). The van der Waals surface area contributed by atoms with Crippen LogP contribution >= 0.6 is 0 Å². The lowest BCUT2D eigenvalue weighted by Crippen LogP contribution is -2.24. The van der Waals surface area contributed by atoms with Gasteiger partial charge in [0.15, 0.2) is 0 Å². The van der Waals surface area contributed by atoms with Crippen molar-refractivity contribution in [1.82, 2.24) is 20.2 Å². The maximum atomic E-state index is 6.08. The predicted octanol–water partition coefficient (Wildman–Crippen LogP) is 4.83. The Morgan fingerprint density at radius 2 is 1.93 bits per heavy atom. The molecule has 0 spiro atoms. The Bertz CT molecular complexity index is 1130. The molecule has 0 amide bonds. The Morgan fingerprint density at radius 3 is 2.79 bits per heavy atom. The molecule has 0 radical (unpaired) electrons. The van der Waals surface area contributed by atoms with Crippen molar-refractivity contribution in [3.8, 4) is 11.5 Å². The second kappa shape index (κ2) is 6.87. The lowest BCUT2D eigenvalue weighted by molar-refractivity contribution is 0.228. The van der Waals surface area contributed by atoms with E-state index in [2.05, 4.69) is 39.5 Å². The molecule has 2 aromatic carbocycles. The van der Waals surface area contributed by atoms with E-state index in [1.807, 2.05) is 32.0 Å². The summed E-state index contributed by atoms with van der Waals surface area (Å²) in [5.74, 6) is 1.54. The predicted molar refractivity (Wildman–Crippen MR) is 106 cm³/mol. The van der Waals surface area contributed by atoms with Crippen molar-refractivity contribution in [2.45, 2.75) is 39.3 Å². The van der Waals surface area contributed by atoms with Crippen LogP contribution in [0.1, 0.15) is 41.7 Å². The van der Waals surface area contributed by atoms with Crippen molar-refractivity contribution in [2.75, 3.05) is 6.54 Å². The van der Waals surface area contributed by atoms with Crippen LogP contribution in [0.3, 0.4) is 0 Å². The second-order valence-electron chi connectivity index (χ2n) is 7.41. The average molecular weight is 374 g/mol. The summed E-state index contributed by atoms with van der Waals surface area (Å²) in [6.45, 7) is 5.68. The van der Waals surface area contributed by atoms with Crippen LogP contribution in [0.4, 0.5) is 0 Å². The van der Waals surface area contributed by atoms with Crippen LogP contribution in [0.25, 0.3) is 22.2 Å². The van der Waals surface area contributed by atoms with Gasteiger partial charge < -0.3 is 4.42 Å². The third-order valence-corrected chi connectivity index (χ3v) is 5.63. The first-order chi connectivity index (χ1) is 13.7. The van der Waals surface area contributed by atoms with Crippen LogP contribution in [0.2, 0.25) is 0 Å². The molecule has 6 heteroatoms. The quantitative estimate of drug-likeness (QED) is 0.509. The van der Waals surface area contributed by atoms with Gasteiger partial charge in [0, 0.05) is 12.1 Å². The highest BCUT2D eigenvalue weighted by Gasteiger charge is 2.31. The maximum absolute atomic E-state index is 6.08. The van der Waals surface area contributed by atoms with Gasteiger partial charge in [0.1, 0.15) is 17.1 Å². The minimum atomic E-state index is 0.225.